The lowest BCUT2D eigenvalue weighted by Crippen LogP contribution is -2.87. The van der Waals surface area contributed by atoms with Gasteiger partial charge in [0.25, 0.3) is 0 Å². The van der Waals surface area contributed by atoms with Gasteiger partial charge in [-0.2, -0.15) is 0 Å². The molecular formula is C63H100N2O14. The second kappa shape index (κ2) is 34.1. The smallest absolute Gasteiger partial charge is 0.407 e. The zero-order valence-corrected chi connectivity index (χ0v) is 48.7. The standard InChI is InChI=1S/C63H100N2O14/c1-4-7-10-13-15-17-26-39-73-50(66)29-20-22-31-52(68)75-43-62(46-78-55(71)42-63-49-41-48-56-57(49)60(63)58(56)59(48)63,44-76-53(69)32-23-21-30-51(67)74-40-27-18-16-14-11-8-5-2)45-77-54(70)34-33-47(28-19-12-9-6-3)79-61(72)64-35-38-65-36-24-25-37-65/h15-18,47-49,56-60H,4-14,19-46H2,1-3H3,(H,64,72)/b17-15-,18-16-. The van der Waals surface area contributed by atoms with Crippen molar-refractivity contribution in [2.24, 2.45) is 52.3 Å². The predicted octanol–water partition coefficient (Wildman–Crippen LogP) is 11.5. The van der Waals surface area contributed by atoms with Gasteiger partial charge < -0.3 is 43.4 Å². The van der Waals surface area contributed by atoms with Crippen molar-refractivity contribution in [3.05, 3.63) is 24.3 Å². The highest BCUT2D eigenvalue weighted by atomic mass is 16.6. The molecule has 446 valence electrons. The molecule has 7 fully saturated rings. The molecule has 7 aliphatic rings. The van der Waals surface area contributed by atoms with Crippen LogP contribution < -0.4 is 5.32 Å². The number of likely N-dealkylation sites (tertiary alicyclic amines) is 1. The van der Waals surface area contributed by atoms with Crippen molar-refractivity contribution in [2.75, 3.05) is 65.8 Å². The van der Waals surface area contributed by atoms with Gasteiger partial charge in [0, 0.05) is 45.2 Å². The number of alkyl carbamates (subject to hydrolysis) is 1. The van der Waals surface area contributed by atoms with Gasteiger partial charge in [0.2, 0.25) is 0 Å². The maximum Gasteiger partial charge on any atom is 0.407 e. The van der Waals surface area contributed by atoms with Crippen LogP contribution in [-0.2, 0) is 61.9 Å². The molecule has 7 rings (SSSR count). The highest BCUT2D eigenvalue weighted by Crippen LogP contribution is 3.00. The summed E-state index contributed by atoms with van der Waals surface area (Å²) in [6, 6.07) is 0. The van der Waals surface area contributed by atoms with Crippen molar-refractivity contribution >= 4 is 41.9 Å². The van der Waals surface area contributed by atoms with Crippen LogP contribution in [0.3, 0.4) is 0 Å². The average Bonchev–Trinajstić information content (AvgIpc) is 1.67. The quantitative estimate of drug-likeness (QED) is 0.0261. The fourth-order valence-corrected chi connectivity index (χ4v) is 14.2. The number of carbonyl (C=O) groups excluding carboxylic acids is 7. The predicted molar refractivity (Wildman–Crippen MR) is 299 cm³/mol. The van der Waals surface area contributed by atoms with Crippen LogP contribution in [-0.4, -0.2) is 119 Å². The van der Waals surface area contributed by atoms with Crippen LogP contribution in [0.2, 0.25) is 0 Å². The largest absolute Gasteiger partial charge is 0.465 e. The molecule has 2 bridgehead atoms. The van der Waals surface area contributed by atoms with E-state index in [9.17, 15) is 33.6 Å². The Hall–Kier alpha value is -4.47. The Morgan fingerprint density at radius 3 is 1.54 bits per heavy atom. The van der Waals surface area contributed by atoms with E-state index in [-0.39, 0.29) is 81.7 Å². The molecule has 1 heterocycles. The third kappa shape index (κ3) is 19.1. The Morgan fingerprint density at radius 1 is 0.532 bits per heavy atom. The lowest BCUT2D eigenvalue weighted by Gasteiger charge is -2.90. The van der Waals surface area contributed by atoms with Gasteiger partial charge in [-0.05, 0) is 163 Å². The van der Waals surface area contributed by atoms with E-state index >= 15 is 0 Å². The number of hydrogen-bond donors (Lipinski definition) is 1. The molecule has 79 heavy (non-hydrogen) atoms. The summed E-state index contributed by atoms with van der Waals surface area (Å²) >= 11 is 0. The minimum atomic E-state index is -1.47. The second-order valence-corrected chi connectivity index (χ2v) is 24.0. The first-order valence-electron chi connectivity index (χ1n) is 31.4. The summed E-state index contributed by atoms with van der Waals surface area (Å²) in [4.78, 5) is 94.7. The number of unbranched alkanes of at least 4 members (excludes halogenated alkanes) is 11. The van der Waals surface area contributed by atoms with Gasteiger partial charge in [-0.3, -0.25) is 28.8 Å². The van der Waals surface area contributed by atoms with Crippen LogP contribution in [0, 0.1) is 52.3 Å². The molecule has 16 heteroatoms. The summed E-state index contributed by atoms with van der Waals surface area (Å²) in [5.41, 5.74) is -1.44. The van der Waals surface area contributed by atoms with Gasteiger partial charge in [-0.1, -0.05) is 90.0 Å². The van der Waals surface area contributed by atoms with Gasteiger partial charge in [-0.25, -0.2) is 4.79 Å². The van der Waals surface area contributed by atoms with Crippen LogP contribution in [0.25, 0.3) is 0 Å². The van der Waals surface area contributed by atoms with Crippen molar-refractivity contribution in [2.45, 2.75) is 213 Å². The van der Waals surface area contributed by atoms with Crippen LogP contribution in [0.4, 0.5) is 4.79 Å². The second-order valence-electron chi connectivity index (χ2n) is 24.0. The first-order valence-corrected chi connectivity index (χ1v) is 31.4. The molecule has 9 atom stereocenters. The molecular weight excluding hydrogens is 1010 g/mol. The third-order valence-electron chi connectivity index (χ3n) is 18.2. The zero-order chi connectivity index (χ0) is 56.3. The highest BCUT2D eigenvalue weighted by Gasteiger charge is 2.97. The fourth-order valence-electron chi connectivity index (χ4n) is 14.2. The highest BCUT2D eigenvalue weighted by molar-refractivity contribution is 5.74. The Labute approximate surface area is 472 Å². The molecule has 0 radical (unpaired) electrons. The van der Waals surface area contributed by atoms with E-state index in [2.05, 4.69) is 43.1 Å². The average molecular weight is 1110 g/mol. The minimum absolute atomic E-state index is 0.00986. The molecule has 16 nitrogen and oxygen atoms in total. The van der Waals surface area contributed by atoms with Crippen molar-refractivity contribution in [3.8, 4) is 0 Å². The molecule has 0 spiro atoms. The number of ether oxygens (including phenoxy) is 7. The number of amides is 1. The molecule has 1 amide bonds. The van der Waals surface area contributed by atoms with Gasteiger partial charge in [0.05, 0.1) is 19.6 Å². The monoisotopic (exact) mass is 1110 g/mol. The van der Waals surface area contributed by atoms with E-state index < -0.39 is 42.1 Å². The van der Waals surface area contributed by atoms with Crippen LogP contribution in [0.15, 0.2) is 24.3 Å². The first-order chi connectivity index (χ1) is 38.4. The van der Waals surface area contributed by atoms with E-state index in [1.54, 1.807) is 0 Å². The molecule has 6 aliphatic carbocycles. The Morgan fingerprint density at radius 2 is 1.03 bits per heavy atom. The molecule has 6 saturated carbocycles. The fraction of sp³-hybridized carbons (Fsp3) is 0.825. The van der Waals surface area contributed by atoms with Crippen LogP contribution in [0.5, 0.6) is 0 Å². The molecule has 1 saturated heterocycles. The maximum atomic E-state index is 13.9. The van der Waals surface area contributed by atoms with Crippen molar-refractivity contribution in [1.82, 2.24) is 10.2 Å². The Kier molecular flexibility index (Phi) is 27.5. The number of nitrogens with one attached hydrogen (secondary N) is 1. The molecule has 0 aromatic heterocycles. The van der Waals surface area contributed by atoms with Gasteiger partial charge >= 0.3 is 41.9 Å². The van der Waals surface area contributed by atoms with E-state index in [1.165, 1.54) is 32.1 Å². The molecule has 1 N–H and O–H groups in total. The van der Waals surface area contributed by atoms with E-state index in [0.29, 0.717) is 88.9 Å². The first kappa shape index (κ1) is 63.7. The van der Waals surface area contributed by atoms with Crippen molar-refractivity contribution in [1.29, 1.82) is 0 Å². The lowest BCUT2D eigenvalue weighted by atomic mass is 9.14. The van der Waals surface area contributed by atoms with Gasteiger partial charge in [0.1, 0.15) is 37.9 Å². The lowest BCUT2D eigenvalue weighted by molar-refractivity contribution is -0.437. The van der Waals surface area contributed by atoms with Crippen molar-refractivity contribution < 1.29 is 66.7 Å². The Balaban J connectivity index is 1.04. The Bertz CT molecular complexity index is 1910. The van der Waals surface area contributed by atoms with Crippen molar-refractivity contribution in [3.63, 3.8) is 0 Å². The number of nitrogens with zero attached hydrogens (tertiary/aromatic N) is 1. The zero-order valence-electron chi connectivity index (χ0n) is 48.7. The van der Waals surface area contributed by atoms with E-state index in [1.807, 2.05) is 12.2 Å². The molecule has 1 aliphatic heterocycles. The number of esters is 6. The number of rotatable bonds is 46. The normalized spacial score (nSPS) is 24.2. The van der Waals surface area contributed by atoms with Crippen LogP contribution >= 0.6 is 0 Å². The summed E-state index contributed by atoms with van der Waals surface area (Å²) in [7, 11) is 0. The summed E-state index contributed by atoms with van der Waals surface area (Å²) in [6.07, 6.45) is 27.8. The summed E-state index contributed by atoms with van der Waals surface area (Å²) < 4.78 is 40.4. The number of allylic oxidation sites excluding steroid dienone is 2. The minimum Gasteiger partial charge on any atom is -0.465 e. The SMILES string of the molecule is CCCCC/C=C\CCOC(=O)CCCCC(=O)OCC(COC(=O)CCCCC(=O)OCC/C=C\CCCCC)(COC(=O)CCC(CCCCCC)OC(=O)NCCN1CCCC1)COC(=O)CC12C3CC4C5C3C1C5C42. The number of hydrogen-bond acceptors (Lipinski definition) is 15. The molecule has 0 aromatic rings. The topological polar surface area (TPSA) is 199 Å². The summed E-state index contributed by atoms with van der Waals surface area (Å²) in [6.45, 7) is 8.80. The van der Waals surface area contributed by atoms with Gasteiger partial charge in [-0.15, -0.1) is 0 Å². The van der Waals surface area contributed by atoms with Gasteiger partial charge in [0.15, 0.2) is 0 Å². The maximum absolute atomic E-state index is 13.9. The van der Waals surface area contributed by atoms with Crippen LogP contribution in [0.1, 0.15) is 207 Å². The summed E-state index contributed by atoms with van der Waals surface area (Å²) in [5.74, 6) is 2.15. The third-order valence-corrected chi connectivity index (χ3v) is 18.2. The van der Waals surface area contributed by atoms with E-state index in [0.717, 1.165) is 108 Å². The summed E-state index contributed by atoms with van der Waals surface area (Å²) in [5, 5.41) is 2.87. The van der Waals surface area contributed by atoms with E-state index in [4.69, 9.17) is 33.2 Å². The molecule has 0 aromatic carbocycles. The number of carbonyl (C=O) groups is 7. The molecule has 9 unspecified atom stereocenters.